The predicted molar refractivity (Wildman–Crippen MR) is 94.1 cm³/mol. The quantitative estimate of drug-likeness (QED) is 0.670. The van der Waals surface area contributed by atoms with Crippen molar-refractivity contribution in [2.24, 2.45) is 11.0 Å². The molecule has 0 saturated carbocycles. The van der Waals surface area contributed by atoms with Crippen molar-refractivity contribution in [3.05, 3.63) is 34.3 Å². The molecule has 23 heavy (non-hydrogen) atoms. The minimum Gasteiger partial charge on any atom is -0.497 e. The van der Waals surface area contributed by atoms with Gasteiger partial charge in [-0.25, -0.2) is 4.98 Å². The van der Waals surface area contributed by atoms with Gasteiger partial charge in [0.15, 0.2) is 0 Å². The van der Waals surface area contributed by atoms with E-state index < -0.39 is 0 Å². The molecule has 0 saturated heterocycles. The summed E-state index contributed by atoms with van der Waals surface area (Å²) in [4.78, 5) is 6.02. The van der Waals surface area contributed by atoms with Gasteiger partial charge >= 0.3 is 0 Å². The number of rotatable bonds is 5. The maximum atomic E-state index is 5.34. The van der Waals surface area contributed by atoms with Gasteiger partial charge in [0.2, 0.25) is 5.13 Å². The van der Waals surface area contributed by atoms with Crippen LogP contribution in [0.2, 0.25) is 0 Å². The highest BCUT2D eigenvalue weighted by Gasteiger charge is 2.19. The molecule has 1 atom stereocenters. The number of hydrazone groups is 1. The van der Waals surface area contributed by atoms with Gasteiger partial charge in [-0.2, -0.15) is 5.10 Å². The Balaban J connectivity index is 1.72. The van der Waals surface area contributed by atoms with Crippen LogP contribution in [0.4, 0.5) is 5.13 Å². The van der Waals surface area contributed by atoms with Gasteiger partial charge in [0.1, 0.15) is 11.5 Å². The van der Waals surface area contributed by atoms with Crippen molar-refractivity contribution in [2.75, 3.05) is 19.6 Å². The molecule has 1 aliphatic rings. The Morgan fingerprint density at radius 3 is 3.00 bits per heavy atom. The number of methoxy groups -OCH3 is 2. The first-order valence-corrected chi connectivity index (χ1v) is 8.51. The first-order valence-electron chi connectivity index (χ1n) is 7.69. The minimum atomic E-state index is 0.750. The normalized spacial score (nSPS) is 17.1. The smallest absolute Gasteiger partial charge is 0.203 e. The van der Waals surface area contributed by atoms with Crippen molar-refractivity contribution in [2.45, 2.75) is 26.2 Å². The van der Waals surface area contributed by atoms with Crippen LogP contribution in [0.1, 0.15) is 29.5 Å². The second-order valence-electron chi connectivity index (χ2n) is 5.71. The van der Waals surface area contributed by atoms with E-state index in [2.05, 4.69) is 22.4 Å². The zero-order valence-corrected chi connectivity index (χ0v) is 14.4. The highest BCUT2D eigenvalue weighted by molar-refractivity contribution is 7.15. The molecule has 0 radical (unpaired) electrons. The van der Waals surface area contributed by atoms with Crippen molar-refractivity contribution in [3.63, 3.8) is 0 Å². The lowest BCUT2D eigenvalue weighted by Crippen LogP contribution is -2.09. The maximum absolute atomic E-state index is 5.34. The van der Waals surface area contributed by atoms with Crippen LogP contribution < -0.4 is 14.9 Å². The Morgan fingerprint density at radius 1 is 1.35 bits per heavy atom. The molecule has 0 bridgehead atoms. The van der Waals surface area contributed by atoms with Gasteiger partial charge in [-0.15, -0.1) is 11.3 Å². The molecule has 5 nitrogen and oxygen atoms in total. The summed E-state index contributed by atoms with van der Waals surface area (Å²) in [5.74, 6) is 2.27. The molecular weight excluding hydrogens is 310 g/mol. The summed E-state index contributed by atoms with van der Waals surface area (Å²) in [6.45, 7) is 2.29. The molecule has 0 fully saturated rings. The lowest BCUT2D eigenvalue weighted by molar-refractivity contribution is 0.402. The number of aromatic nitrogens is 1. The van der Waals surface area contributed by atoms with Crippen LogP contribution in [0.25, 0.3) is 0 Å². The molecule has 1 aromatic carbocycles. The van der Waals surface area contributed by atoms with E-state index in [1.54, 1.807) is 31.8 Å². The molecule has 0 aliphatic heterocycles. The minimum absolute atomic E-state index is 0.750. The average molecular weight is 331 g/mol. The van der Waals surface area contributed by atoms with E-state index in [-0.39, 0.29) is 0 Å². The second-order valence-corrected chi connectivity index (χ2v) is 6.80. The maximum Gasteiger partial charge on any atom is 0.203 e. The summed E-state index contributed by atoms with van der Waals surface area (Å²) in [5.41, 5.74) is 5.12. The number of anilines is 1. The third kappa shape index (κ3) is 3.64. The number of benzene rings is 1. The van der Waals surface area contributed by atoms with Gasteiger partial charge in [-0.1, -0.05) is 6.92 Å². The van der Waals surface area contributed by atoms with Gasteiger partial charge in [0.05, 0.1) is 26.1 Å². The summed E-state index contributed by atoms with van der Waals surface area (Å²) in [6, 6.07) is 5.61. The van der Waals surface area contributed by atoms with Crippen molar-refractivity contribution < 1.29 is 9.47 Å². The van der Waals surface area contributed by atoms with Crippen LogP contribution in [-0.2, 0) is 12.8 Å². The van der Waals surface area contributed by atoms with Crippen LogP contribution in [0, 0.1) is 5.92 Å². The molecule has 0 spiro atoms. The first-order chi connectivity index (χ1) is 11.2. The number of nitrogens with zero attached hydrogens (tertiary/aromatic N) is 2. The SMILES string of the molecule is COc1ccc(OC)c(/C=N\Nc2nc3c(s2)CC(C)CC3)c1. The zero-order chi connectivity index (χ0) is 16.2. The molecule has 1 aliphatic carbocycles. The number of hydrogen-bond acceptors (Lipinski definition) is 6. The van der Waals surface area contributed by atoms with E-state index in [1.165, 1.54) is 17.0 Å². The third-order valence-corrected chi connectivity index (χ3v) is 5.01. The van der Waals surface area contributed by atoms with Gasteiger partial charge in [0.25, 0.3) is 0 Å². The molecule has 122 valence electrons. The standard InChI is InChI=1S/C17H21N3O2S/c1-11-4-6-14-16(8-11)23-17(19-14)20-18-10-12-9-13(21-2)5-7-15(12)22-3/h5,7,9-11H,4,6,8H2,1-3H3,(H,19,20)/b18-10-. The highest BCUT2D eigenvalue weighted by atomic mass is 32.1. The van der Waals surface area contributed by atoms with Gasteiger partial charge < -0.3 is 9.47 Å². The number of thiazole rings is 1. The van der Waals surface area contributed by atoms with Gasteiger partial charge in [-0.05, 0) is 43.4 Å². The Morgan fingerprint density at radius 2 is 2.22 bits per heavy atom. The Labute approximate surface area is 140 Å². The molecular formula is C17H21N3O2S. The number of ether oxygens (including phenoxy) is 2. The lowest BCUT2D eigenvalue weighted by atomic mass is 9.93. The molecule has 0 amide bonds. The molecule has 1 unspecified atom stereocenters. The van der Waals surface area contributed by atoms with Crippen molar-refractivity contribution in [1.82, 2.24) is 4.98 Å². The van der Waals surface area contributed by atoms with Gasteiger partial charge in [0, 0.05) is 10.4 Å². The van der Waals surface area contributed by atoms with E-state index in [0.29, 0.717) is 0 Å². The molecule has 1 N–H and O–H groups in total. The molecule has 1 heterocycles. The highest BCUT2D eigenvalue weighted by Crippen LogP contribution is 2.32. The monoisotopic (exact) mass is 331 g/mol. The van der Waals surface area contributed by atoms with Crippen LogP contribution in [0.3, 0.4) is 0 Å². The predicted octanol–water partition coefficient (Wildman–Crippen LogP) is 3.73. The lowest BCUT2D eigenvalue weighted by Gasteiger charge is -2.15. The van der Waals surface area contributed by atoms with Crippen molar-refractivity contribution in [1.29, 1.82) is 0 Å². The van der Waals surface area contributed by atoms with E-state index in [1.807, 2.05) is 18.2 Å². The number of hydrogen-bond donors (Lipinski definition) is 1. The fraction of sp³-hybridized carbons (Fsp3) is 0.412. The molecule has 3 rings (SSSR count). The summed E-state index contributed by atoms with van der Waals surface area (Å²) in [7, 11) is 3.28. The molecule has 2 aromatic rings. The summed E-state index contributed by atoms with van der Waals surface area (Å²) in [6.07, 6.45) is 5.15. The first kappa shape index (κ1) is 15.8. The molecule has 6 heteroatoms. The topological polar surface area (TPSA) is 55.7 Å². The van der Waals surface area contributed by atoms with Crippen LogP contribution >= 0.6 is 11.3 Å². The average Bonchev–Trinajstić information content (AvgIpc) is 2.96. The third-order valence-electron chi connectivity index (χ3n) is 3.99. The summed E-state index contributed by atoms with van der Waals surface area (Å²) in [5, 5.41) is 5.14. The van der Waals surface area contributed by atoms with E-state index in [9.17, 15) is 0 Å². The van der Waals surface area contributed by atoms with Crippen LogP contribution in [-0.4, -0.2) is 25.4 Å². The van der Waals surface area contributed by atoms with Crippen molar-refractivity contribution >= 4 is 22.7 Å². The van der Waals surface area contributed by atoms with E-state index >= 15 is 0 Å². The molecule has 1 aromatic heterocycles. The van der Waals surface area contributed by atoms with E-state index in [4.69, 9.17) is 9.47 Å². The Kier molecular flexibility index (Phi) is 4.81. The largest absolute Gasteiger partial charge is 0.497 e. The van der Waals surface area contributed by atoms with Crippen molar-refractivity contribution in [3.8, 4) is 11.5 Å². The second kappa shape index (κ2) is 7.00. The number of aryl methyl sites for hydroxylation is 1. The fourth-order valence-corrected chi connectivity index (χ4v) is 3.81. The van der Waals surface area contributed by atoms with Crippen LogP contribution in [0.5, 0.6) is 11.5 Å². The number of nitrogens with one attached hydrogen (secondary N) is 1. The Hall–Kier alpha value is -2.08. The Bertz CT molecular complexity index is 712. The fourth-order valence-electron chi connectivity index (χ4n) is 2.68. The van der Waals surface area contributed by atoms with Crippen LogP contribution in [0.15, 0.2) is 23.3 Å². The zero-order valence-electron chi connectivity index (χ0n) is 13.6. The summed E-state index contributed by atoms with van der Waals surface area (Å²) >= 11 is 1.70. The number of fused-ring (bicyclic) bond motifs is 1. The van der Waals surface area contributed by atoms with E-state index in [0.717, 1.165) is 41.0 Å². The van der Waals surface area contributed by atoms with Gasteiger partial charge in [-0.3, -0.25) is 5.43 Å². The summed E-state index contributed by atoms with van der Waals surface area (Å²) < 4.78 is 10.6.